The number of guanidine groups is 1. The Hall–Kier alpha value is -0.900. The molecule has 0 spiro atoms. The topological polar surface area (TPSA) is 69.1 Å². The molecule has 0 aliphatic carbocycles. The number of ether oxygens (including phenoxy) is 1. The zero-order valence-corrected chi connectivity index (χ0v) is 20.5. The maximum atomic E-state index is 9.77. The Labute approximate surface area is 193 Å². The first-order valence-electron chi connectivity index (χ1n) is 10.7. The van der Waals surface area contributed by atoms with Crippen LogP contribution in [0.25, 0.3) is 0 Å². The van der Waals surface area contributed by atoms with Crippen molar-refractivity contribution >= 4 is 29.9 Å². The smallest absolute Gasteiger partial charge is 0.191 e. The first-order chi connectivity index (χ1) is 13.7. The molecule has 0 bridgehead atoms. The first-order valence-corrected chi connectivity index (χ1v) is 10.7. The SMILES string of the molecule is CCC(CC)C(CNC(=NC)NCC(CO)c1ccccc1)N1CCOCC1.I. The molecule has 2 unspecified atom stereocenters. The van der Waals surface area contributed by atoms with Gasteiger partial charge in [0.05, 0.1) is 19.8 Å². The molecule has 166 valence electrons. The normalized spacial score (nSPS) is 17.5. The van der Waals surface area contributed by atoms with Crippen molar-refractivity contribution in [1.29, 1.82) is 0 Å². The molecular formula is C22H39IN4O2. The summed E-state index contributed by atoms with van der Waals surface area (Å²) >= 11 is 0. The molecule has 2 atom stereocenters. The van der Waals surface area contributed by atoms with Gasteiger partial charge >= 0.3 is 0 Å². The summed E-state index contributed by atoms with van der Waals surface area (Å²) in [5.41, 5.74) is 1.14. The molecule has 1 aliphatic heterocycles. The molecule has 1 aromatic carbocycles. The average molecular weight is 518 g/mol. The van der Waals surface area contributed by atoms with Gasteiger partial charge < -0.3 is 20.5 Å². The van der Waals surface area contributed by atoms with Crippen LogP contribution in [-0.4, -0.2) is 75.1 Å². The van der Waals surface area contributed by atoms with E-state index in [2.05, 4.69) is 46.5 Å². The standard InChI is InChI=1S/C22H38N4O2.HI/c1-4-18(5-2)21(26-11-13-28-14-12-26)16-25-22(23-3)24-15-20(17-27)19-9-7-6-8-10-19;/h6-10,18,20-21,27H,4-5,11-17H2,1-3H3,(H2,23,24,25);1H. The summed E-state index contributed by atoms with van der Waals surface area (Å²) in [5.74, 6) is 1.49. The number of halogens is 1. The maximum absolute atomic E-state index is 9.77. The predicted octanol–water partition coefficient (Wildman–Crippen LogP) is 2.68. The van der Waals surface area contributed by atoms with Crippen molar-refractivity contribution in [3.63, 3.8) is 0 Å². The summed E-state index contributed by atoms with van der Waals surface area (Å²) < 4.78 is 5.54. The summed E-state index contributed by atoms with van der Waals surface area (Å²) in [7, 11) is 1.80. The van der Waals surface area contributed by atoms with Crippen LogP contribution in [0.3, 0.4) is 0 Å². The van der Waals surface area contributed by atoms with Gasteiger partial charge in [-0.25, -0.2) is 0 Å². The summed E-state index contributed by atoms with van der Waals surface area (Å²) in [6.45, 7) is 9.80. The van der Waals surface area contributed by atoms with E-state index in [0.29, 0.717) is 18.5 Å². The van der Waals surface area contributed by atoms with Crippen LogP contribution in [0.1, 0.15) is 38.2 Å². The first kappa shape index (κ1) is 26.1. The van der Waals surface area contributed by atoms with Crippen molar-refractivity contribution in [3.05, 3.63) is 35.9 Å². The number of aliphatic hydroxyl groups is 1. The van der Waals surface area contributed by atoms with Gasteiger partial charge in [-0.3, -0.25) is 9.89 Å². The highest BCUT2D eigenvalue weighted by molar-refractivity contribution is 14.0. The lowest BCUT2D eigenvalue weighted by molar-refractivity contribution is 0.00272. The number of aliphatic imine (C=N–C) groups is 1. The minimum absolute atomic E-state index is 0. The minimum Gasteiger partial charge on any atom is -0.396 e. The van der Waals surface area contributed by atoms with Crippen molar-refractivity contribution in [2.75, 3.05) is 53.0 Å². The van der Waals surface area contributed by atoms with Gasteiger partial charge in [0.1, 0.15) is 0 Å². The Morgan fingerprint density at radius 2 is 1.72 bits per heavy atom. The quantitative estimate of drug-likeness (QED) is 0.253. The molecule has 3 N–H and O–H groups in total. The van der Waals surface area contributed by atoms with Crippen LogP contribution in [-0.2, 0) is 4.74 Å². The van der Waals surface area contributed by atoms with Gasteiger partial charge in [0.2, 0.25) is 0 Å². The number of rotatable bonds is 10. The summed E-state index contributed by atoms with van der Waals surface area (Å²) in [6.07, 6.45) is 2.35. The maximum Gasteiger partial charge on any atom is 0.191 e. The third-order valence-corrected chi connectivity index (χ3v) is 5.82. The summed E-state index contributed by atoms with van der Waals surface area (Å²) in [5, 5.41) is 16.7. The Balaban J connectivity index is 0.00000420. The van der Waals surface area contributed by atoms with E-state index in [-0.39, 0.29) is 36.5 Å². The highest BCUT2D eigenvalue weighted by Crippen LogP contribution is 2.19. The Morgan fingerprint density at radius 1 is 1.10 bits per heavy atom. The molecule has 0 saturated carbocycles. The molecule has 0 amide bonds. The van der Waals surface area contributed by atoms with Crippen molar-refractivity contribution in [3.8, 4) is 0 Å². The molecule has 1 fully saturated rings. The fraction of sp³-hybridized carbons (Fsp3) is 0.682. The van der Waals surface area contributed by atoms with Crippen molar-refractivity contribution in [2.24, 2.45) is 10.9 Å². The number of aliphatic hydroxyl groups excluding tert-OH is 1. The molecule has 1 aliphatic rings. The Morgan fingerprint density at radius 3 is 2.28 bits per heavy atom. The van der Waals surface area contributed by atoms with E-state index < -0.39 is 0 Å². The Bertz CT molecular complexity index is 563. The summed E-state index contributed by atoms with van der Waals surface area (Å²) in [6, 6.07) is 10.6. The average Bonchev–Trinajstić information content (AvgIpc) is 2.76. The minimum atomic E-state index is 0. The molecular weight excluding hydrogens is 479 g/mol. The predicted molar refractivity (Wildman–Crippen MR) is 131 cm³/mol. The zero-order chi connectivity index (χ0) is 20.2. The molecule has 0 aromatic heterocycles. The van der Waals surface area contributed by atoms with Gasteiger partial charge in [-0.1, -0.05) is 57.0 Å². The molecule has 7 heteroatoms. The van der Waals surface area contributed by atoms with E-state index in [9.17, 15) is 5.11 Å². The van der Waals surface area contributed by atoms with Gasteiger partial charge in [-0.2, -0.15) is 0 Å². The lowest BCUT2D eigenvalue weighted by Crippen LogP contribution is -2.53. The highest BCUT2D eigenvalue weighted by atomic mass is 127. The second-order valence-electron chi connectivity index (χ2n) is 7.42. The van der Waals surface area contributed by atoms with Gasteiger partial charge in [0, 0.05) is 45.2 Å². The number of nitrogens with zero attached hydrogens (tertiary/aromatic N) is 2. The molecule has 29 heavy (non-hydrogen) atoms. The molecule has 6 nitrogen and oxygen atoms in total. The molecule has 1 heterocycles. The fourth-order valence-electron chi connectivity index (χ4n) is 3.99. The number of hydrogen-bond donors (Lipinski definition) is 3. The number of hydrogen-bond acceptors (Lipinski definition) is 4. The second-order valence-corrected chi connectivity index (χ2v) is 7.42. The molecule has 1 saturated heterocycles. The van der Waals surface area contributed by atoms with Crippen LogP contribution in [0.5, 0.6) is 0 Å². The number of morpholine rings is 1. The van der Waals surface area contributed by atoms with Crippen LogP contribution in [0.15, 0.2) is 35.3 Å². The lowest BCUT2D eigenvalue weighted by Gasteiger charge is -2.39. The van der Waals surface area contributed by atoms with Crippen LogP contribution in [0.2, 0.25) is 0 Å². The van der Waals surface area contributed by atoms with Crippen LogP contribution >= 0.6 is 24.0 Å². The van der Waals surface area contributed by atoms with Crippen molar-refractivity contribution in [2.45, 2.75) is 38.6 Å². The number of benzene rings is 1. The van der Waals surface area contributed by atoms with E-state index in [1.807, 2.05) is 18.2 Å². The highest BCUT2D eigenvalue weighted by Gasteiger charge is 2.27. The van der Waals surface area contributed by atoms with Crippen LogP contribution in [0.4, 0.5) is 0 Å². The monoisotopic (exact) mass is 518 g/mol. The number of nitrogens with one attached hydrogen (secondary N) is 2. The van der Waals surface area contributed by atoms with Gasteiger partial charge in [-0.05, 0) is 11.5 Å². The van der Waals surface area contributed by atoms with Crippen LogP contribution in [0, 0.1) is 5.92 Å². The lowest BCUT2D eigenvalue weighted by atomic mass is 9.92. The zero-order valence-electron chi connectivity index (χ0n) is 18.1. The Kier molecular flexibility index (Phi) is 13.5. The molecule has 1 aromatic rings. The van der Waals surface area contributed by atoms with E-state index in [4.69, 9.17) is 4.74 Å². The van der Waals surface area contributed by atoms with E-state index in [1.54, 1.807) is 7.05 Å². The summed E-state index contributed by atoms with van der Waals surface area (Å²) in [4.78, 5) is 6.94. The third kappa shape index (κ3) is 8.39. The largest absolute Gasteiger partial charge is 0.396 e. The van der Waals surface area contributed by atoms with Gasteiger partial charge in [-0.15, -0.1) is 24.0 Å². The van der Waals surface area contributed by atoms with E-state index in [1.165, 1.54) is 12.8 Å². The molecule has 0 radical (unpaired) electrons. The second kappa shape index (κ2) is 15.0. The third-order valence-electron chi connectivity index (χ3n) is 5.82. The van der Waals surface area contributed by atoms with E-state index >= 15 is 0 Å². The van der Waals surface area contributed by atoms with Gasteiger partial charge in [0.25, 0.3) is 0 Å². The van der Waals surface area contributed by atoms with Gasteiger partial charge in [0.15, 0.2) is 5.96 Å². The fourth-order valence-corrected chi connectivity index (χ4v) is 3.99. The molecule has 2 rings (SSSR count). The van der Waals surface area contributed by atoms with Crippen molar-refractivity contribution < 1.29 is 9.84 Å². The van der Waals surface area contributed by atoms with Crippen molar-refractivity contribution in [1.82, 2.24) is 15.5 Å². The van der Waals surface area contributed by atoms with Crippen LogP contribution < -0.4 is 10.6 Å². The van der Waals surface area contributed by atoms with E-state index in [0.717, 1.165) is 44.4 Å².